The van der Waals surface area contributed by atoms with Crippen molar-refractivity contribution < 1.29 is 33.2 Å². The molecular weight excluding hydrogens is 472 g/mol. The van der Waals surface area contributed by atoms with E-state index in [1.807, 2.05) is 0 Å². The van der Waals surface area contributed by atoms with Crippen LogP contribution in [0.5, 0.6) is 0 Å². The normalized spacial score (nSPS) is 34.1. The quantitative estimate of drug-likeness (QED) is 0.364. The maximum atomic E-state index is 7.23. The van der Waals surface area contributed by atoms with E-state index < -0.39 is 0 Å². The summed E-state index contributed by atoms with van der Waals surface area (Å²) in [6.07, 6.45) is 4.64. The summed E-state index contributed by atoms with van der Waals surface area (Å²) in [4.78, 5) is 0. The van der Waals surface area contributed by atoms with Gasteiger partial charge in [0.15, 0.2) is 0 Å². The van der Waals surface area contributed by atoms with E-state index in [1.54, 1.807) is 0 Å². The van der Waals surface area contributed by atoms with E-state index >= 15 is 0 Å². The molecule has 37 heavy (non-hydrogen) atoms. The van der Waals surface area contributed by atoms with Crippen molar-refractivity contribution in [3.8, 4) is 0 Å². The highest BCUT2D eigenvalue weighted by Crippen LogP contribution is 2.45. The second kappa shape index (κ2) is 9.42. The van der Waals surface area contributed by atoms with Crippen molar-refractivity contribution in [2.24, 2.45) is 0 Å². The summed E-state index contributed by atoms with van der Waals surface area (Å²) < 4.78 is 41.7. The monoisotopic (exact) mass is 506 g/mol. The highest BCUT2D eigenvalue weighted by atomic mass is 16.6. The van der Waals surface area contributed by atoms with Crippen LogP contribution in [0.4, 0.5) is 0 Å². The number of epoxide rings is 6. The molecule has 0 aromatic heterocycles. The zero-order chi connectivity index (χ0) is 24.3. The zero-order valence-electron chi connectivity index (χ0n) is 21.0. The molecule has 6 saturated heterocycles. The van der Waals surface area contributed by atoms with E-state index in [2.05, 4.69) is 36.4 Å². The molecule has 6 fully saturated rings. The summed E-state index contributed by atoms with van der Waals surface area (Å²) in [5.41, 5.74) is 7.78. The van der Waals surface area contributed by atoms with Gasteiger partial charge in [0.2, 0.25) is 0 Å². The molecule has 7 heteroatoms. The molecule has 6 aliphatic rings. The molecule has 0 radical (unpaired) electrons. The number of hydrogen-bond donors (Lipinski definition) is 0. The highest BCUT2D eigenvalue weighted by Gasteiger charge is 2.46. The average Bonchev–Trinajstić information content (AvgIpc) is 3.69. The molecule has 0 saturated carbocycles. The van der Waals surface area contributed by atoms with Crippen molar-refractivity contribution in [2.45, 2.75) is 74.5 Å². The standard InChI is InChI=1S/C30H34O7/c1-3-17(7-21-11-31-21)27(18(4-1)8-22-12-32-22)29(25-15-35-25)37-30(26-16-36-26)28-19(9-23-13-33-23)5-2-6-20(28)10-24-14-34-24/h1-6,21-26,29-30H,7-16H2. The molecule has 2 aromatic rings. The third-order valence-corrected chi connectivity index (χ3v) is 8.23. The largest absolute Gasteiger partial charge is 0.373 e. The molecule has 0 spiro atoms. The van der Waals surface area contributed by atoms with E-state index in [-0.39, 0.29) is 24.4 Å². The fourth-order valence-corrected chi connectivity index (χ4v) is 5.80. The summed E-state index contributed by atoms with van der Waals surface area (Å²) in [5.74, 6) is 0. The van der Waals surface area contributed by atoms with Crippen LogP contribution in [0.2, 0.25) is 0 Å². The highest BCUT2D eigenvalue weighted by molar-refractivity contribution is 5.42. The minimum absolute atomic E-state index is 0.0514. The van der Waals surface area contributed by atoms with Gasteiger partial charge in [0.25, 0.3) is 0 Å². The molecule has 8 rings (SSSR count). The van der Waals surface area contributed by atoms with Gasteiger partial charge in [-0.25, -0.2) is 0 Å². The minimum Gasteiger partial charge on any atom is -0.373 e. The van der Waals surface area contributed by atoms with E-state index in [0.29, 0.717) is 24.4 Å². The van der Waals surface area contributed by atoms with Crippen LogP contribution in [0.3, 0.4) is 0 Å². The number of hydrogen-bond acceptors (Lipinski definition) is 7. The molecule has 6 aliphatic heterocycles. The average molecular weight is 507 g/mol. The molecule has 0 amide bonds. The third-order valence-electron chi connectivity index (χ3n) is 8.23. The molecule has 8 atom stereocenters. The Hall–Kier alpha value is -1.84. The first-order valence-electron chi connectivity index (χ1n) is 13.8. The topological polar surface area (TPSA) is 84.4 Å². The van der Waals surface area contributed by atoms with Crippen LogP contribution in [-0.2, 0) is 58.8 Å². The second-order valence-electron chi connectivity index (χ2n) is 11.3. The van der Waals surface area contributed by atoms with Crippen LogP contribution in [0.15, 0.2) is 36.4 Å². The lowest BCUT2D eigenvalue weighted by Gasteiger charge is -2.29. The van der Waals surface area contributed by atoms with Gasteiger partial charge < -0.3 is 33.2 Å². The Labute approximate surface area is 217 Å². The van der Waals surface area contributed by atoms with Gasteiger partial charge in [-0.1, -0.05) is 36.4 Å². The van der Waals surface area contributed by atoms with Gasteiger partial charge in [0, 0.05) is 25.7 Å². The van der Waals surface area contributed by atoms with Crippen molar-refractivity contribution in [3.05, 3.63) is 69.8 Å². The summed E-state index contributed by atoms with van der Waals surface area (Å²) in [7, 11) is 0. The van der Waals surface area contributed by atoms with Gasteiger partial charge in [0.1, 0.15) is 24.4 Å². The van der Waals surface area contributed by atoms with Crippen molar-refractivity contribution in [3.63, 3.8) is 0 Å². The van der Waals surface area contributed by atoms with Crippen LogP contribution in [0.1, 0.15) is 45.6 Å². The number of ether oxygens (including phenoxy) is 7. The lowest BCUT2D eigenvalue weighted by Crippen LogP contribution is -2.24. The van der Waals surface area contributed by atoms with E-state index in [1.165, 1.54) is 33.4 Å². The summed E-state index contributed by atoms with van der Waals surface area (Å²) in [6.45, 7) is 4.78. The lowest BCUT2D eigenvalue weighted by molar-refractivity contribution is -0.0435. The molecule has 0 aliphatic carbocycles. The van der Waals surface area contributed by atoms with E-state index in [9.17, 15) is 0 Å². The Balaban J connectivity index is 1.17. The van der Waals surface area contributed by atoms with Gasteiger partial charge in [0.05, 0.1) is 64.1 Å². The Bertz CT molecular complexity index is 989. The Morgan fingerprint density at radius 3 is 1.05 bits per heavy atom. The second-order valence-corrected chi connectivity index (χ2v) is 11.3. The molecular formula is C30H34O7. The molecule has 0 N–H and O–H groups in total. The van der Waals surface area contributed by atoms with Gasteiger partial charge in [-0.05, 0) is 33.4 Å². The number of rotatable bonds is 14. The van der Waals surface area contributed by atoms with Gasteiger partial charge >= 0.3 is 0 Å². The SMILES string of the molecule is c1cc(CC2CO2)c(C(OC(c2c(CC3CO3)cccc2CC2CO2)C2CO2)C2CO2)c(CC2CO2)c1. The smallest absolute Gasteiger partial charge is 0.112 e. The van der Waals surface area contributed by atoms with Crippen LogP contribution < -0.4 is 0 Å². The fraction of sp³-hybridized carbons (Fsp3) is 0.600. The van der Waals surface area contributed by atoms with Crippen molar-refractivity contribution >= 4 is 0 Å². The Kier molecular flexibility index (Phi) is 5.87. The molecule has 2 aromatic carbocycles. The summed E-state index contributed by atoms with van der Waals surface area (Å²) >= 11 is 0. The molecule has 0 bridgehead atoms. The van der Waals surface area contributed by atoms with Crippen LogP contribution in [0, 0.1) is 0 Å². The summed E-state index contributed by atoms with van der Waals surface area (Å²) in [6, 6.07) is 13.3. The Morgan fingerprint density at radius 2 is 0.811 bits per heavy atom. The first-order valence-corrected chi connectivity index (χ1v) is 13.8. The zero-order valence-corrected chi connectivity index (χ0v) is 21.0. The van der Waals surface area contributed by atoms with Crippen molar-refractivity contribution in [1.82, 2.24) is 0 Å². The Morgan fingerprint density at radius 1 is 0.514 bits per heavy atom. The first kappa shape index (κ1) is 23.1. The predicted molar refractivity (Wildman–Crippen MR) is 133 cm³/mol. The summed E-state index contributed by atoms with van der Waals surface area (Å²) in [5, 5.41) is 0. The van der Waals surface area contributed by atoms with Gasteiger partial charge in [-0.3, -0.25) is 0 Å². The van der Waals surface area contributed by atoms with E-state index in [4.69, 9.17) is 33.2 Å². The van der Waals surface area contributed by atoms with Crippen molar-refractivity contribution in [2.75, 3.05) is 39.6 Å². The van der Waals surface area contributed by atoms with Crippen molar-refractivity contribution in [1.29, 1.82) is 0 Å². The third kappa shape index (κ3) is 5.50. The molecule has 7 nitrogen and oxygen atoms in total. The maximum absolute atomic E-state index is 7.23. The first-order chi connectivity index (χ1) is 18.3. The number of benzene rings is 2. The molecule has 196 valence electrons. The lowest BCUT2D eigenvalue weighted by atomic mass is 9.88. The van der Waals surface area contributed by atoms with Gasteiger partial charge in [-0.15, -0.1) is 0 Å². The fourth-order valence-electron chi connectivity index (χ4n) is 5.80. The van der Waals surface area contributed by atoms with E-state index in [0.717, 1.165) is 65.3 Å². The van der Waals surface area contributed by atoms with Gasteiger partial charge in [-0.2, -0.15) is 0 Å². The molecule has 8 unspecified atom stereocenters. The van der Waals surface area contributed by atoms with Crippen LogP contribution in [-0.4, -0.2) is 76.3 Å². The molecule has 6 heterocycles. The minimum atomic E-state index is -0.159. The van der Waals surface area contributed by atoms with Crippen LogP contribution in [0.25, 0.3) is 0 Å². The maximum Gasteiger partial charge on any atom is 0.112 e. The van der Waals surface area contributed by atoms with Crippen LogP contribution >= 0.6 is 0 Å². The predicted octanol–water partition coefficient (Wildman–Crippen LogP) is 3.05.